The quantitative estimate of drug-likeness (QED) is 0.398. The van der Waals surface area contributed by atoms with Crippen LogP contribution in [0.4, 0.5) is 5.69 Å². The molecule has 0 unspecified atom stereocenters. The van der Waals surface area contributed by atoms with E-state index >= 15 is 0 Å². The third-order valence-corrected chi connectivity index (χ3v) is 3.82. The second-order valence-corrected chi connectivity index (χ2v) is 5.46. The minimum Gasteiger partial charge on any atom is -0.289 e. The lowest BCUT2D eigenvalue weighted by Gasteiger charge is -2.09. The highest BCUT2D eigenvalue weighted by Crippen LogP contribution is 2.23. The van der Waals surface area contributed by atoms with Gasteiger partial charge in [-0.1, -0.05) is 60.7 Å². The van der Waals surface area contributed by atoms with Crippen molar-refractivity contribution in [1.82, 2.24) is 0 Å². The number of carbonyl (C=O) groups is 1. The number of nitro groups is 1. The maximum atomic E-state index is 12.8. The molecule has 0 radical (unpaired) electrons. The summed E-state index contributed by atoms with van der Waals surface area (Å²) in [5, 5.41) is 11.1. The maximum absolute atomic E-state index is 12.8. The molecular weight excluding hydrogens is 302 g/mol. The molecule has 118 valence electrons. The average molecular weight is 317 g/mol. The lowest BCUT2D eigenvalue weighted by atomic mass is 9.94. The zero-order chi connectivity index (χ0) is 16.9. The maximum Gasteiger partial charge on any atom is 0.269 e. The van der Waals surface area contributed by atoms with E-state index in [1.54, 1.807) is 30.3 Å². The number of ketones is 1. The molecule has 0 atom stereocenters. The highest BCUT2D eigenvalue weighted by molar-refractivity contribution is 6.10. The highest BCUT2D eigenvalue weighted by atomic mass is 16.6. The molecule has 0 aliphatic heterocycles. The normalized spacial score (nSPS) is 10.3. The van der Waals surface area contributed by atoms with Gasteiger partial charge in [-0.05, 0) is 23.6 Å². The minimum absolute atomic E-state index is 0.00876. The number of hydrogen-bond donors (Lipinski definition) is 0. The van der Waals surface area contributed by atoms with Crippen molar-refractivity contribution in [3.8, 4) is 0 Å². The molecule has 0 N–H and O–H groups in total. The van der Waals surface area contributed by atoms with Gasteiger partial charge in [0.2, 0.25) is 0 Å². The molecule has 0 aliphatic carbocycles. The largest absolute Gasteiger partial charge is 0.289 e. The third-order valence-electron chi connectivity index (χ3n) is 3.82. The molecule has 0 saturated heterocycles. The van der Waals surface area contributed by atoms with Gasteiger partial charge in [-0.3, -0.25) is 14.9 Å². The van der Waals surface area contributed by atoms with Gasteiger partial charge in [0.05, 0.1) is 4.92 Å². The molecular formula is C20H15NO3. The van der Waals surface area contributed by atoms with E-state index in [-0.39, 0.29) is 11.5 Å². The average Bonchev–Trinajstić information content (AvgIpc) is 2.62. The Morgan fingerprint density at radius 3 is 2.12 bits per heavy atom. The number of non-ortho nitro benzene ring substituents is 1. The van der Waals surface area contributed by atoms with E-state index in [2.05, 4.69) is 0 Å². The van der Waals surface area contributed by atoms with Gasteiger partial charge < -0.3 is 0 Å². The molecule has 0 aliphatic rings. The van der Waals surface area contributed by atoms with Gasteiger partial charge in [-0.25, -0.2) is 0 Å². The molecule has 0 aromatic heterocycles. The highest BCUT2D eigenvalue weighted by Gasteiger charge is 2.17. The number of rotatable bonds is 5. The van der Waals surface area contributed by atoms with Crippen molar-refractivity contribution in [3.63, 3.8) is 0 Å². The Labute approximate surface area is 139 Å². The summed E-state index contributed by atoms with van der Waals surface area (Å²) in [6.07, 6.45) is 0.469. The smallest absolute Gasteiger partial charge is 0.269 e. The van der Waals surface area contributed by atoms with Gasteiger partial charge in [0.25, 0.3) is 5.69 Å². The summed E-state index contributed by atoms with van der Waals surface area (Å²) in [6, 6.07) is 23.0. The molecule has 0 saturated carbocycles. The van der Waals surface area contributed by atoms with Crippen LogP contribution in [0.2, 0.25) is 0 Å². The summed E-state index contributed by atoms with van der Waals surface area (Å²) in [7, 11) is 0. The summed E-state index contributed by atoms with van der Waals surface area (Å²) in [6.45, 7) is 0. The predicted molar refractivity (Wildman–Crippen MR) is 92.2 cm³/mol. The Morgan fingerprint density at radius 2 is 1.50 bits per heavy atom. The first kappa shape index (κ1) is 15.6. The summed E-state index contributed by atoms with van der Waals surface area (Å²) in [5.74, 6) is -0.128. The lowest BCUT2D eigenvalue weighted by molar-refractivity contribution is -0.384. The van der Waals surface area contributed by atoms with Gasteiger partial charge in [0.15, 0.2) is 5.78 Å². The zero-order valence-corrected chi connectivity index (χ0v) is 12.9. The molecule has 0 heterocycles. The van der Waals surface area contributed by atoms with Gasteiger partial charge >= 0.3 is 0 Å². The fourth-order valence-electron chi connectivity index (χ4n) is 2.62. The molecule has 0 fully saturated rings. The van der Waals surface area contributed by atoms with E-state index < -0.39 is 4.92 Å². The van der Waals surface area contributed by atoms with Crippen molar-refractivity contribution < 1.29 is 9.72 Å². The van der Waals surface area contributed by atoms with Gasteiger partial charge in [0.1, 0.15) is 0 Å². The summed E-state index contributed by atoms with van der Waals surface area (Å²) < 4.78 is 0. The Hall–Kier alpha value is -3.27. The summed E-state index contributed by atoms with van der Waals surface area (Å²) >= 11 is 0. The van der Waals surface area contributed by atoms with Crippen molar-refractivity contribution in [3.05, 3.63) is 111 Å². The number of carbonyl (C=O) groups excluding carboxylic acids is 1. The molecule has 4 heteroatoms. The number of hydrogen-bond acceptors (Lipinski definition) is 3. The Balaban J connectivity index is 2.05. The standard InChI is InChI=1S/C20H15NO3/c22-20(16-9-5-2-6-10-16)19-12-11-18(21(23)24)14-17(19)13-15-7-3-1-4-8-15/h1-12,14H,13H2. The van der Waals surface area contributed by atoms with Crippen molar-refractivity contribution in [2.24, 2.45) is 0 Å². The van der Waals surface area contributed by atoms with E-state index in [0.29, 0.717) is 23.1 Å². The van der Waals surface area contributed by atoms with E-state index in [1.807, 2.05) is 36.4 Å². The Bertz CT molecular complexity index is 874. The van der Waals surface area contributed by atoms with E-state index in [9.17, 15) is 14.9 Å². The van der Waals surface area contributed by atoms with Crippen molar-refractivity contribution in [2.75, 3.05) is 0 Å². The van der Waals surface area contributed by atoms with Gasteiger partial charge in [-0.2, -0.15) is 0 Å². The number of nitrogens with zero attached hydrogens (tertiary/aromatic N) is 1. The first-order valence-electron chi connectivity index (χ1n) is 7.56. The second kappa shape index (κ2) is 6.87. The molecule has 0 bridgehead atoms. The van der Waals surface area contributed by atoms with Crippen LogP contribution in [0.3, 0.4) is 0 Å². The third kappa shape index (κ3) is 3.38. The Morgan fingerprint density at radius 1 is 0.875 bits per heavy atom. The first-order chi connectivity index (χ1) is 11.6. The van der Waals surface area contributed by atoms with Crippen molar-refractivity contribution in [1.29, 1.82) is 0 Å². The molecule has 0 spiro atoms. The van der Waals surface area contributed by atoms with Crippen LogP contribution in [-0.4, -0.2) is 10.7 Å². The van der Waals surface area contributed by atoms with Crippen molar-refractivity contribution in [2.45, 2.75) is 6.42 Å². The fourth-order valence-corrected chi connectivity index (χ4v) is 2.62. The summed E-state index contributed by atoms with van der Waals surface area (Å²) in [5.41, 5.74) is 2.71. The topological polar surface area (TPSA) is 60.2 Å². The van der Waals surface area contributed by atoms with E-state index in [0.717, 1.165) is 5.56 Å². The van der Waals surface area contributed by atoms with Crippen LogP contribution in [0.15, 0.2) is 78.9 Å². The molecule has 0 amide bonds. The molecule has 3 rings (SSSR count). The first-order valence-corrected chi connectivity index (χ1v) is 7.56. The molecule has 4 nitrogen and oxygen atoms in total. The van der Waals surface area contributed by atoms with Crippen LogP contribution in [0.5, 0.6) is 0 Å². The second-order valence-electron chi connectivity index (χ2n) is 5.46. The van der Waals surface area contributed by atoms with Crippen LogP contribution in [0.25, 0.3) is 0 Å². The SMILES string of the molecule is O=C(c1ccccc1)c1ccc([N+](=O)[O-])cc1Cc1ccccc1. The lowest BCUT2D eigenvalue weighted by Crippen LogP contribution is -2.07. The van der Waals surface area contributed by atoms with E-state index in [1.165, 1.54) is 12.1 Å². The van der Waals surface area contributed by atoms with E-state index in [4.69, 9.17) is 0 Å². The number of benzene rings is 3. The summed E-state index contributed by atoms with van der Waals surface area (Å²) in [4.78, 5) is 23.4. The minimum atomic E-state index is -0.439. The van der Waals surface area contributed by atoms with Crippen LogP contribution in [-0.2, 0) is 6.42 Å². The molecule has 3 aromatic carbocycles. The Kier molecular flexibility index (Phi) is 4.47. The van der Waals surface area contributed by atoms with Crippen LogP contribution in [0.1, 0.15) is 27.0 Å². The van der Waals surface area contributed by atoms with Gasteiger partial charge in [0, 0.05) is 23.3 Å². The molecule has 24 heavy (non-hydrogen) atoms. The van der Waals surface area contributed by atoms with Crippen molar-refractivity contribution >= 4 is 11.5 Å². The van der Waals surface area contributed by atoms with Crippen LogP contribution in [0, 0.1) is 10.1 Å². The van der Waals surface area contributed by atoms with Crippen LogP contribution >= 0.6 is 0 Å². The van der Waals surface area contributed by atoms with Crippen LogP contribution < -0.4 is 0 Å². The van der Waals surface area contributed by atoms with Gasteiger partial charge in [-0.15, -0.1) is 0 Å². The monoisotopic (exact) mass is 317 g/mol. The predicted octanol–water partition coefficient (Wildman–Crippen LogP) is 4.42. The number of nitro benzene ring substituents is 1. The molecule has 3 aromatic rings. The fraction of sp³-hybridized carbons (Fsp3) is 0.0500. The zero-order valence-electron chi connectivity index (χ0n) is 12.9.